The lowest BCUT2D eigenvalue weighted by Crippen LogP contribution is -2.28. The van der Waals surface area contributed by atoms with Gasteiger partial charge in [0, 0.05) is 13.3 Å². The molecule has 0 radical (unpaired) electrons. The highest BCUT2D eigenvalue weighted by Gasteiger charge is 2.30. The molecule has 0 amide bonds. The van der Waals surface area contributed by atoms with E-state index >= 15 is 0 Å². The van der Waals surface area contributed by atoms with Crippen LogP contribution in [0.3, 0.4) is 0 Å². The highest BCUT2D eigenvalue weighted by Crippen LogP contribution is 2.29. The average molecular weight is 353 g/mol. The van der Waals surface area contributed by atoms with Gasteiger partial charge in [0.25, 0.3) is 0 Å². The van der Waals surface area contributed by atoms with E-state index in [9.17, 15) is 5.11 Å². The Bertz CT molecular complexity index is 401. The summed E-state index contributed by atoms with van der Waals surface area (Å²) in [5, 5.41) is 10.5. The minimum atomic E-state index is -0.570. The van der Waals surface area contributed by atoms with Crippen molar-refractivity contribution in [3.05, 3.63) is 24.2 Å². The summed E-state index contributed by atoms with van der Waals surface area (Å²) >= 11 is 0. The maximum Gasteiger partial charge on any atom is 0.247 e. The lowest BCUT2D eigenvalue weighted by molar-refractivity contribution is -0.133. The summed E-state index contributed by atoms with van der Waals surface area (Å²) in [7, 11) is 0. The topological polar surface area (TPSA) is 38.7 Å². The first kappa shape index (κ1) is 22.1. The fourth-order valence-corrected chi connectivity index (χ4v) is 3.31. The third-order valence-electron chi connectivity index (χ3n) is 5.12. The number of aliphatic hydroxyl groups is 1. The van der Waals surface area contributed by atoms with E-state index in [0.29, 0.717) is 0 Å². The van der Waals surface area contributed by atoms with Crippen LogP contribution in [-0.4, -0.2) is 16.5 Å². The number of hydrogen-bond donors (Lipinski definition) is 1. The maximum atomic E-state index is 10.5. The van der Waals surface area contributed by atoms with Crippen molar-refractivity contribution in [2.24, 2.45) is 0 Å². The molecular weight excluding hydrogens is 312 g/mol. The standard InChI is InChI=1S/C22H40O3/c1-5-6-13-20(2)14-10-8-7-9-11-15-21(3,23)16-12-17-22(4)24-18-19-25-22/h14,18-19,23H,5-13,15-17H2,1-4H3. The molecule has 1 atom stereocenters. The highest BCUT2D eigenvalue weighted by molar-refractivity contribution is 4.97. The summed E-state index contributed by atoms with van der Waals surface area (Å²) in [5.41, 5.74) is 0.975. The van der Waals surface area contributed by atoms with Crippen LogP contribution in [0.4, 0.5) is 0 Å². The molecule has 0 fully saturated rings. The maximum absolute atomic E-state index is 10.5. The van der Waals surface area contributed by atoms with Gasteiger partial charge in [0.2, 0.25) is 5.79 Å². The molecule has 0 aromatic rings. The molecule has 25 heavy (non-hydrogen) atoms. The summed E-state index contributed by atoms with van der Waals surface area (Å²) < 4.78 is 10.9. The predicted octanol–water partition coefficient (Wildman–Crippen LogP) is 6.62. The Hall–Kier alpha value is -0.960. The van der Waals surface area contributed by atoms with Gasteiger partial charge in [0.05, 0.1) is 5.60 Å². The van der Waals surface area contributed by atoms with Crippen LogP contribution in [-0.2, 0) is 9.47 Å². The van der Waals surface area contributed by atoms with Gasteiger partial charge in [-0.3, -0.25) is 0 Å². The van der Waals surface area contributed by atoms with Crippen molar-refractivity contribution in [3.63, 3.8) is 0 Å². The van der Waals surface area contributed by atoms with Crippen LogP contribution in [0, 0.1) is 0 Å². The van der Waals surface area contributed by atoms with E-state index in [4.69, 9.17) is 9.47 Å². The molecule has 146 valence electrons. The Morgan fingerprint density at radius 2 is 1.68 bits per heavy atom. The average Bonchev–Trinajstić information content (AvgIpc) is 2.98. The molecule has 1 aliphatic rings. The summed E-state index contributed by atoms with van der Waals surface area (Å²) in [6.07, 6.45) is 18.9. The van der Waals surface area contributed by atoms with E-state index in [1.165, 1.54) is 44.9 Å². The third-order valence-corrected chi connectivity index (χ3v) is 5.12. The van der Waals surface area contributed by atoms with Gasteiger partial charge in [0.15, 0.2) is 0 Å². The number of ether oxygens (including phenoxy) is 2. The molecule has 1 aliphatic heterocycles. The summed E-state index contributed by atoms with van der Waals surface area (Å²) in [4.78, 5) is 0. The van der Waals surface area contributed by atoms with Gasteiger partial charge in [-0.05, 0) is 58.8 Å². The second kappa shape index (κ2) is 11.6. The number of hydrogen-bond acceptors (Lipinski definition) is 3. The van der Waals surface area contributed by atoms with Gasteiger partial charge in [-0.1, -0.05) is 44.3 Å². The van der Waals surface area contributed by atoms with Crippen molar-refractivity contribution < 1.29 is 14.6 Å². The number of rotatable bonds is 14. The number of unbranched alkanes of at least 4 members (excludes halogenated alkanes) is 5. The molecule has 0 aliphatic carbocycles. The van der Waals surface area contributed by atoms with Gasteiger partial charge >= 0.3 is 0 Å². The van der Waals surface area contributed by atoms with Gasteiger partial charge in [-0.15, -0.1) is 0 Å². The van der Waals surface area contributed by atoms with Crippen LogP contribution in [0.25, 0.3) is 0 Å². The zero-order chi connectivity index (χ0) is 18.6. The monoisotopic (exact) mass is 352 g/mol. The van der Waals surface area contributed by atoms with Gasteiger partial charge in [-0.2, -0.15) is 0 Å². The number of allylic oxidation sites excluding steroid dienone is 2. The first-order valence-corrected chi connectivity index (χ1v) is 10.3. The molecular formula is C22H40O3. The van der Waals surface area contributed by atoms with Crippen LogP contribution in [0.1, 0.15) is 105 Å². The zero-order valence-electron chi connectivity index (χ0n) is 17.0. The Kier molecular flexibility index (Phi) is 10.3. The van der Waals surface area contributed by atoms with Crippen molar-refractivity contribution in [1.29, 1.82) is 0 Å². The Labute approximate surface area is 155 Å². The summed E-state index contributed by atoms with van der Waals surface area (Å²) in [5.74, 6) is -0.529. The SMILES string of the molecule is CCCCC(C)=CCCCCCCC(C)(O)CCCC1(C)OC=CO1. The van der Waals surface area contributed by atoms with E-state index in [2.05, 4.69) is 19.9 Å². The van der Waals surface area contributed by atoms with Crippen molar-refractivity contribution >= 4 is 0 Å². The lowest BCUT2D eigenvalue weighted by Gasteiger charge is -2.27. The third kappa shape index (κ3) is 10.6. The summed E-state index contributed by atoms with van der Waals surface area (Å²) in [6.45, 7) is 8.41. The van der Waals surface area contributed by atoms with Gasteiger partial charge < -0.3 is 14.6 Å². The molecule has 3 nitrogen and oxygen atoms in total. The normalized spacial score (nSPS) is 18.7. The molecule has 1 unspecified atom stereocenters. The molecule has 0 saturated carbocycles. The van der Waals surface area contributed by atoms with Crippen LogP contribution in [0.15, 0.2) is 24.2 Å². The quantitative estimate of drug-likeness (QED) is 0.282. The van der Waals surface area contributed by atoms with Crippen LogP contribution in [0.2, 0.25) is 0 Å². The lowest BCUT2D eigenvalue weighted by atomic mass is 9.91. The van der Waals surface area contributed by atoms with Crippen LogP contribution >= 0.6 is 0 Å². The van der Waals surface area contributed by atoms with Gasteiger partial charge in [0.1, 0.15) is 12.5 Å². The van der Waals surface area contributed by atoms with E-state index in [1.807, 2.05) is 13.8 Å². The molecule has 3 heteroatoms. The van der Waals surface area contributed by atoms with E-state index in [1.54, 1.807) is 18.1 Å². The molecule has 0 aromatic carbocycles. The molecule has 0 bridgehead atoms. The largest absolute Gasteiger partial charge is 0.457 e. The van der Waals surface area contributed by atoms with E-state index in [-0.39, 0.29) is 0 Å². The Balaban J connectivity index is 2.02. The fourth-order valence-electron chi connectivity index (χ4n) is 3.31. The molecule has 0 saturated heterocycles. The van der Waals surface area contributed by atoms with Crippen molar-refractivity contribution in [3.8, 4) is 0 Å². The predicted molar refractivity (Wildman–Crippen MR) is 105 cm³/mol. The summed E-state index contributed by atoms with van der Waals surface area (Å²) in [6, 6.07) is 0. The van der Waals surface area contributed by atoms with Crippen molar-refractivity contribution in [2.45, 2.75) is 116 Å². The van der Waals surface area contributed by atoms with Crippen molar-refractivity contribution in [2.75, 3.05) is 0 Å². The molecule has 0 aromatic heterocycles. The molecule has 1 N–H and O–H groups in total. The fraction of sp³-hybridized carbons (Fsp3) is 0.818. The van der Waals surface area contributed by atoms with Crippen LogP contribution < -0.4 is 0 Å². The second-order valence-electron chi connectivity index (χ2n) is 8.10. The zero-order valence-corrected chi connectivity index (χ0v) is 17.0. The molecule has 1 rings (SSSR count). The van der Waals surface area contributed by atoms with Crippen molar-refractivity contribution in [1.82, 2.24) is 0 Å². The minimum absolute atomic E-state index is 0.529. The Morgan fingerprint density at radius 3 is 2.36 bits per heavy atom. The Morgan fingerprint density at radius 1 is 1.04 bits per heavy atom. The van der Waals surface area contributed by atoms with Crippen LogP contribution in [0.5, 0.6) is 0 Å². The smallest absolute Gasteiger partial charge is 0.247 e. The minimum Gasteiger partial charge on any atom is -0.457 e. The van der Waals surface area contributed by atoms with Gasteiger partial charge in [-0.25, -0.2) is 0 Å². The molecule has 0 spiro atoms. The molecule has 1 heterocycles. The first-order valence-electron chi connectivity index (χ1n) is 10.3. The van der Waals surface area contributed by atoms with E-state index < -0.39 is 11.4 Å². The second-order valence-corrected chi connectivity index (χ2v) is 8.10. The first-order chi connectivity index (χ1) is 11.9. The van der Waals surface area contributed by atoms with E-state index in [0.717, 1.165) is 32.1 Å². The highest BCUT2D eigenvalue weighted by atomic mass is 16.7.